The molecule has 4 nitrogen and oxygen atoms in total. The van der Waals surface area contributed by atoms with Crippen LogP contribution in [-0.4, -0.2) is 15.8 Å². The molecule has 2 heterocycles. The van der Waals surface area contributed by atoms with E-state index in [4.69, 9.17) is 4.42 Å². The van der Waals surface area contributed by atoms with Gasteiger partial charge in [-0.1, -0.05) is 0 Å². The van der Waals surface area contributed by atoms with Gasteiger partial charge in [-0.15, -0.1) is 0 Å². The molecule has 92 valence electrons. The highest BCUT2D eigenvalue weighted by Crippen LogP contribution is 2.20. The maximum absolute atomic E-state index is 5.35. The lowest BCUT2D eigenvalue weighted by Crippen LogP contribution is -2.18. The Hall–Kier alpha value is -1.71. The van der Waals surface area contributed by atoms with Crippen LogP contribution >= 0.6 is 0 Å². The number of nitrogens with one attached hydrogen (secondary N) is 1. The molecule has 0 aromatic carbocycles. The molecule has 1 N–H and O–H groups in total. The third kappa shape index (κ3) is 2.52. The van der Waals surface area contributed by atoms with Crippen LogP contribution in [0.15, 0.2) is 22.8 Å². The molecule has 0 fully saturated rings. The summed E-state index contributed by atoms with van der Waals surface area (Å²) in [7, 11) is 1.96. The Morgan fingerprint density at radius 1 is 1.47 bits per heavy atom. The minimum Gasteiger partial charge on any atom is -0.469 e. The highest BCUT2D eigenvalue weighted by molar-refractivity contribution is 5.52. The van der Waals surface area contributed by atoms with Crippen molar-refractivity contribution >= 4 is 5.69 Å². The largest absolute Gasteiger partial charge is 0.469 e. The monoisotopic (exact) mass is 233 g/mol. The minimum absolute atomic E-state index is 0.322. The summed E-state index contributed by atoms with van der Waals surface area (Å²) >= 11 is 0. The van der Waals surface area contributed by atoms with Crippen molar-refractivity contribution in [3.05, 3.63) is 35.5 Å². The first kappa shape index (κ1) is 11.8. The average molecular weight is 233 g/mol. The lowest BCUT2D eigenvalue weighted by atomic mass is 10.2. The fraction of sp³-hybridized carbons (Fsp3) is 0.462. The zero-order valence-corrected chi connectivity index (χ0v) is 10.8. The maximum atomic E-state index is 5.35. The van der Waals surface area contributed by atoms with E-state index in [-0.39, 0.29) is 0 Å². The van der Waals surface area contributed by atoms with Crippen LogP contribution in [0, 0.1) is 13.8 Å². The summed E-state index contributed by atoms with van der Waals surface area (Å²) in [6.45, 7) is 6.24. The first-order valence-electron chi connectivity index (χ1n) is 5.87. The van der Waals surface area contributed by atoms with E-state index in [0.717, 1.165) is 29.3 Å². The molecule has 17 heavy (non-hydrogen) atoms. The summed E-state index contributed by atoms with van der Waals surface area (Å²) in [5.41, 5.74) is 3.33. The molecule has 0 spiro atoms. The maximum Gasteiger partial charge on any atom is 0.105 e. The van der Waals surface area contributed by atoms with Crippen molar-refractivity contribution in [3.63, 3.8) is 0 Å². The van der Waals surface area contributed by atoms with E-state index in [0.29, 0.717) is 6.04 Å². The Bertz CT molecular complexity index is 485. The average Bonchev–Trinajstić information content (AvgIpc) is 2.83. The van der Waals surface area contributed by atoms with E-state index < -0.39 is 0 Å². The summed E-state index contributed by atoms with van der Waals surface area (Å²) < 4.78 is 7.25. The molecule has 1 atom stereocenters. The van der Waals surface area contributed by atoms with Crippen LogP contribution < -0.4 is 5.32 Å². The standard InChI is InChI=1S/C13H19N3O/c1-9(8-12-6-5-7-17-12)14-13-10(2)15-16(4)11(13)3/h5-7,9,14H,8H2,1-4H3. The van der Waals surface area contributed by atoms with Gasteiger partial charge in [0, 0.05) is 19.5 Å². The Morgan fingerprint density at radius 3 is 2.76 bits per heavy atom. The molecule has 4 heteroatoms. The molecule has 0 saturated carbocycles. The number of hydrogen-bond donors (Lipinski definition) is 1. The number of anilines is 1. The molecule has 0 bridgehead atoms. The van der Waals surface area contributed by atoms with E-state index in [1.807, 2.05) is 30.8 Å². The SMILES string of the molecule is Cc1nn(C)c(C)c1NC(C)Cc1ccco1. The zero-order chi connectivity index (χ0) is 12.4. The van der Waals surface area contributed by atoms with Crippen LogP contribution in [0.5, 0.6) is 0 Å². The van der Waals surface area contributed by atoms with Crippen molar-refractivity contribution in [3.8, 4) is 0 Å². The predicted octanol–water partition coefficient (Wildman–Crippen LogP) is 2.67. The van der Waals surface area contributed by atoms with Crippen LogP contribution in [0.25, 0.3) is 0 Å². The normalized spacial score (nSPS) is 12.7. The lowest BCUT2D eigenvalue weighted by molar-refractivity contribution is 0.497. The van der Waals surface area contributed by atoms with Crippen molar-refractivity contribution in [1.29, 1.82) is 0 Å². The van der Waals surface area contributed by atoms with Gasteiger partial charge in [-0.3, -0.25) is 4.68 Å². The highest BCUT2D eigenvalue weighted by atomic mass is 16.3. The summed E-state index contributed by atoms with van der Waals surface area (Å²) in [5.74, 6) is 1.00. The number of nitrogens with zero attached hydrogens (tertiary/aromatic N) is 2. The van der Waals surface area contributed by atoms with Crippen molar-refractivity contribution in [1.82, 2.24) is 9.78 Å². The minimum atomic E-state index is 0.322. The molecule has 0 aliphatic carbocycles. The van der Waals surface area contributed by atoms with Gasteiger partial charge in [0.2, 0.25) is 0 Å². The molecule has 0 aliphatic rings. The smallest absolute Gasteiger partial charge is 0.105 e. The molecular weight excluding hydrogens is 214 g/mol. The van der Waals surface area contributed by atoms with E-state index in [1.54, 1.807) is 6.26 Å². The van der Waals surface area contributed by atoms with Crippen LogP contribution in [0.3, 0.4) is 0 Å². The summed E-state index contributed by atoms with van der Waals surface area (Å²) in [6, 6.07) is 4.24. The van der Waals surface area contributed by atoms with Gasteiger partial charge in [0.1, 0.15) is 5.76 Å². The van der Waals surface area contributed by atoms with Gasteiger partial charge < -0.3 is 9.73 Å². The van der Waals surface area contributed by atoms with E-state index in [2.05, 4.69) is 24.3 Å². The second-order valence-corrected chi connectivity index (χ2v) is 4.50. The highest BCUT2D eigenvalue weighted by Gasteiger charge is 2.12. The van der Waals surface area contributed by atoms with Crippen molar-refractivity contribution < 1.29 is 4.42 Å². The summed E-state index contributed by atoms with van der Waals surface area (Å²) in [4.78, 5) is 0. The Balaban J connectivity index is 2.05. The van der Waals surface area contributed by atoms with Crippen molar-refractivity contribution in [2.45, 2.75) is 33.2 Å². The van der Waals surface area contributed by atoms with Gasteiger partial charge >= 0.3 is 0 Å². The van der Waals surface area contributed by atoms with Crippen molar-refractivity contribution in [2.75, 3.05) is 5.32 Å². The molecule has 0 aliphatic heterocycles. The molecule has 0 amide bonds. The van der Waals surface area contributed by atoms with E-state index in [1.165, 1.54) is 0 Å². The molecule has 0 saturated heterocycles. The second kappa shape index (κ2) is 4.65. The number of rotatable bonds is 4. The van der Waals surface area contributed by atoms with Gasteiger partial charge in [-0.2, -0.15) is 5.10 Å². The molecule has 2 aromatic heterocycles. The van der Waals surface area contributed by atoms with Gasteiger partial charge in [0.15, 0.2) is 0 Å². The first-order valence-corrected chi connectivity index (χ1v) is 5.87. The zero-order valence-electron chi connectivity index (χ0n) is 10.8. The summed E-state index contributed by atoms with van der Waals surface area (Å²) in [6.07, 6.45) is 2.59. The van der Waals surface area contributed by atoms with Crippen LogP contribution in [0.1, 0.15) is 24.1 Å². The first-order chi connectivity index (χ1) is 8.08. The third-order valence-corrected chi connectivity index (χ3v) is 2.99. The van der Waals surface area contributed by atoms with Crippen LogP contribution in [0.4, 0.5) is 5.69 Å². The van der Waals surface area contributed by atoms with Crippen LogP contribution in [0.2, 0.25) is 0 Å². The third-order valence-electron chi connectivity index (χ3n) is 2.99. The van der Waals surface area contributed by atoms with Crippen molar-refractivity contribution in [2.24, 2.45) is 7.05 Å². The number of aryl methyl sites for hydroxylation is 2. The second-order valence-electron chi connectivity index (χ2n) is 4.50. The van der Waals surface area contributed by atoms with Gasteiger partial charge in [0.05, 0.1) is 23.3 Å². The number of aromatic nitrogens is 2. The van der Waals surface area contributed by atoms with Gasteiger partial charge in [0.25, 0.3) is 0 Å². The number of hydrogen-bond acceptors (Lipinski definition) is 3. The molecular formula is C13H19N3O. The Labute approximate surface area is 102 Å². The lowest BCUT2D eigenvalue weighted by Gasteiger charge is -2.14. The molecule has 2 aromatic rings. The van der Waals surface area contributed by atoms with Crippen LogP contribution in [-0.2, 0) is 13.5 Å². The fourth-order valence-corrected chi connectivity index (χ4v) is 2.01. The summed E-state index contributed by atoms with van der Waals surface area (Å²) in [5, 5.41) is 7.89. The molecule has 0 radical (unpaired) electrons. The van der Waals surface area contributed by atoms with E-state index in [9.17, 15) is 0 Å². The number of furan rings is 1. The fourth-order valence-electron chi connectivity index (χ4n) is 2.01. The van der Waals surface area contributed by atoms with Gasteiger partial charge in [-0.05, 0) is 32.9 Å². The van der Waals surface area contributed by atoms with E-state index >= 15 is 0 Å². The molecule has 2 rings (SSSR count). The predicted molar refractivity (Wildman–Crippen MR) is 68.2 cm³/mol. The Morgan fingerprint density at radius 2 is 2.24 bits per heavy atom. The topological polar surface area (TPSA) is 43.0 Å². The van der Waals surface area contributed by atoms with Gasteiger partial charge in [-0.25, -0.2) is 0 Å². The molecule has 1 unspecified atom stereocenters. The quantitative estimate of drug-likeness (QED) is 0.882. The Kier molecular flexibility index (Phi) is 3.22.